The molecule has 1 N–H and O–H groups in total. The minimum atomic E-state index is -4.88. The van der Waals surface area contributed by atoms with Crippen molar-refractivity contribution in [2.24, 2.45) is 5.41 Å². The van der Waals surface area contributed by atoms with E-state index in [2.05, 4.69) is 0 Å². The molecule has 0 aliphatic carbocycles. The third-order valence-corrected chi connectivity index (χ3v) is 4.30. The van der Waals surface area contributed by atoms with Gasteiger partial charge >= 0.3 is 12.1 Å². The third kappa shape index (κ3) is 2.94. The zero-order valence-electron chi connectivity index (χ0n) is 10.8. The van der Waals surface area contributed by atoms with Gasteiger partial charge in [0, 0.05) is 24.0 Å². The van der Waals surface area contributed by atoms with Crippen molar-refractivity contribution in [1.29, 1.82) is 0 Å². The number of carboxylic acid groups (broad SMARTS) is 1. The van der Waals surface area contributed by atoms with Crippen molar-refractivity contribution in [3.8, 4) is 0 Å². The highest BCUT2D eigenvalue weighted by Gasteiger charge is 2.64. The first-order valence-electron chi connectivity index (χ1n) is 6.07. The molecule has 1 saturated heterocycles. The number of nitrogens with zero attached hydrogens (tertiary/aromatic N) is 1. The molecule has 21 heavy (non-hydrogen) atoms. The van der Waals surface area contributed by atoms with Crippen molar-refractivity contribution in [3.63, 3.8) is 0 Å². The van der Waals surface area contributed by atoms with Gasteiger partial charge in [-0.3, -0.25) is 9.59 Å². The van der Waals surface area contributed by atoms with E-state index >= 15 is 0 Å². The maximum Gasteiger partial charge on any atom is 0.406 e. The lowest BCUT2D eigenvalue weighted by Gasteiger charge is -2.26. The van der Waals surface area contributed by atoms with Crippen molar-refractivity contribution < 1.29 is 27.9 Å². The molecule has 1 aromatic rings. The van der Waals surface area contributed by atoms with Gasteiger partial charge < -0.3 is 10.0 Å². The average molecular weight is 319 g/mol. The molecule has 1 aromatic heterocycles. The van der Waals surface area contributed by atoms with Gasteiger partial charge in [0.2, 0.25) is 5.91 Å². The van der Waals surface area contributed by atoms with Crippen LogP contribution in [-0.2, 0) is 9.59 Å². The number of carbonyl (C=O) groups is 2. The largest absolute Gasteiger partial charge is 0.481 e. The molecule has 1 atom stereocenters. The van der Waals surface area contributed by atoms with E-state index in [1.807, 2.05) is 0 Å². The molecule has 0 bridgehead atoms. The summed E-state index contributed by atoms with van der Waals surface area (Å²) in [6.45, 7) is -1.07. The smallest absolute Gasteiger partial charge is 0.406 e. The highest BCUT2D eigenvalue weighted by atomic mass is 32.1. The standard InChI is InChI=1S/C13H12F3NO3S/c14-13(15,16)12(11(19)20)5-6-17(8-12)10(18)4-3-9-2-1-7-21-9/h1-4,7H,5-6,8H2,(H,19,20). The van der Waals surface area contributed by atoms with Crippen LogP contribution in [-0.4, -0.2) is 41.1 Å². The lowest BCUT2D eigenvalue weighted by atomic mass is 9.86. The van der Waals surface area contributed by atoms with Gasteiger partial charge in [-0.1, -0.05) is 6.07 Å². The predicted molar refractivity (Wildman–Crippen MR) is 70.7 cm³/mol. The number of amides is 1. The zero-order valence-corrected chi connectivity index (χ0v) is 11.6. The lowest BCUT2D eigenvalue weighted by molar-refractivity contribution is -0.227. The fourth-order valence-electron chi connectivity index (χ4n) is 2.17. The Bertz CT molecular complexity index is 568. The second kappa shape index (κ2) is 5.51. The molecule has 1 amide bonds. The zero-order chi connectivity index (χ0) is 15.7. The van der Waals surface area contributed by atoms with Crippen LogP contribution in [0.1, 0.15) is 11.3 Å². The molecular formula is C13H12F3NO3S. The number of carboxylic acids is 1. The number of halogens is 3. The highest BCUT2D eigenvalue weighted by molar-refractivity contribution is 7.10. The van der Waals surface area contributed by atoms with Gasteiger partial charge in [-0.05, 0) is 23.9 Å². The molecule has 1 unspecified atom stereocenters. The minimum Gasteiger partial charge on any atom is -0.481 e. The van der Waals surface area contributed by atoms with Crippen LogP contribution >= 0.6 is 11.3 Å². The van der Waals surface area contributed by atoms with Crippen LogP contribution in [0, 0.1) is 5.41 Å². The summed E-state index contributed by atoms with van der Waals surface area (Å²) in [5, 5.41) is 10.7. The number of hydrogen-bond donors (Lipinski definition) is 1. The van der Waals surface area contributed by atoms with Gasteiger partial charge in [-0.2, -0.15) is 13.2 Å². The van der Waals surface area contributed by atoms with Crippen LogP contribution in [0.25, 0.3) is 6.08 Å². The van der Waals surface area contributed by atoms with Crippen LogP contribution < -0.4 is 0 Å². The van der Waals surface area contributed by atoms with Crippen LogP contribution in [0.5, 0.6) is 0 Å². The van der Waals surface area contributed by atoms with E-state index < -0.39 is 36.4 Å². The van der Waals surface area contributed by atoms with E-state index in [-0.39, 0.29) is 6.54 Å². The molecule has 8 heteroatoms. The predicted octanol–water partition coefficient (Wildman–Crippen LogP) is 2.63. The van der Waals surface area contributed by atoms with E-state index in [9.17, 15) is 22.8 Å². The van der Waals surface area contributed by atoms with Crippen LogP contribution in [0.4, 0.5) is 13.2 Å². The van der Waals surface area contributed by atoms with Gasteiger partial charge in [0.1, 0.15) is 0 Å². The number of aliphatic carboxylic acids is 1. The molecule has 0 spiro atoms. The van der Waals surface area contributed by atoms with Crippen molar-refractivity contribution in [1.82, 2.24) is 4.90 Å². The summed E-state index contributed by atoms with van der Waals surface area (Å²) in [5.74, 6) is -2.55. The van der Waals surface area contributed by atoms with Crippen molar-refractivity contribution >= 4 is 29.3 Å². The van der Waals surface area contributed by atoms with E-state index in [1.165, 1.54) is 23.5 Å². The molecule has 114 valence electrons. The Kier molecular flexibility index (Phi) is 4.08. The van der Waals surface area contributed by atoms with Gasteiger partial charge in [0.15, 0.2) is 5.41 Å². The quantitative estimate of drug-likeness (QED) is 0.871. The first-order chi connectivity index (χ1) is 9.76. The maximum atomic E-state index is 13.0. The van der Waals surface area contributed by atoms with E-state index in [0.29, 0.717) is 0 Å². The average Bonchev–Trinajstić information content (AvgIpc) is 3.04. The molecule has 0 saturated carbocycles. The Morgan fingerprint density at radius 3 is 2.62 bits per heavy atom. The number of alkyl halides is 3. The summed E-state index contributed by atoms with van der Waals surface area (Å²) in [5.41, 5.74) is -2.86. The number of carbonyl (C=O) groups excluding carboxylic acids is 1. The molecule has 0 radical (unpaired) electrons. The molecule has 2 heterocycles. The summed E-state index contributed by atoms with van der Waals surface area (Å²) in [6, 6.07) is 3.54. The summed E-state index contributed by atoms with van der Waals surface area (Å²) in [6.07, 6.45) is -2.84. The number of rotatable bonds is 3. The molecule has 1 aliphatic heterocycles. The molecule has 1 aliphatic rings. The monoisotopic (exact) mass is 319 g/mol. The van der Waals surface area contributed by atoms with Gasteiger partial charge in [-0.25, -0.2) is 0 Å². The van der Waals surface area contributed by atoms with Crippen LogP contribution in [0.15, 0.2) is 23.6 Å². The first kappa shape index (κ1) is 15.6. The minimum absolute atomic E-state index is 0.223. The molecule has 4 nitrogen and oxygen atoms in total. The number of thiophene rings is 1. The van der Waals surface area contributed by atoms with E-state index in [0.717, 1.165) is 9.78 Å². The second-order valence-corrected chi connectivity index (χ2v) is 5.72. The van der Waals surface area contributed by atoms with Crippen LogP contribution in [0.3, 0.4) is 0 Å². The molecule has 0 aromatic carbocycles. The number of hydrogen-bond acceptors (Lipinski definition) is 3. The molecular weight excluding hydrogens is 307 g/mol. The van der Waals surface area contributed by atoms with Crippen molar-refractivity contribution in [2.45, 2.75) is 12.6 Å². The summed E-state index contributed by atoms with van der Waals surface area (Å²) >= 11 is 1.38. The van der Waals surface area contributed by atoms with Crippen molar-refractivity contribution in [3.05, 3.63) is 28.5 Å². The summed E-state index contributed by atoms with van der Waals surface area (Å²) in [7, 11) is 0. The Hall–Kier alpha value is -1.83. The second-order valence-electron chi connectivity index (χ2n) is 4.74. The first-order valence-corrected chi connectivity index (χ1v) is 6.95. The van der Waals surface area contributed by atoms with Gasteiger partial charge in [0.25, 0.3) is 0 Å². The SMILES string of the molecule is O=C(C=Cc1cccs1)N1CCC(C(=O)O)(C(F)(F)F)C1. The van der Waals surface area contributed by atoms with Gasteiger partial charge in [0.05, 0.1) is 0 Å². The Morgan fingerprint density at radius 2 is 2.14 bits per heavy atom. The molecule has 1 fully saturated rings. The number of likely N-dealkylation sites (tertiary alicyclic amines) is 1. The Morgan fingerprint density at radius 1 is 1.43 bits per heavy atom. The summed E-state index contributed by atoms with van der Waals surface area (Å²) < 4.78 is 38.9. The molecule has 2 rings (SSSR count). The Labute approximate surface area is 122 Å². The fourth-order valence-corrected chi connectivity index (χ4v) is 2.79. The van der Waals surface area contributed by atoms with Crippen LogP contribution in [0.2, 0.25) is 0 Å². The topological polar surface area (TPSA) is 57.6 Å². The highest BCUT2D eigenvalue weighted by Crippen LogP contribution is 2.45. The third-order valence-electron chi connectivity index (χ3n) is 3.47. The normalized spacial score (nSPS) is 22.9. The van der Waals surface area contributed by atoms with E-state index in [1.54, 1.807) is 17.5 Å². The van der Waals surface area contributed by atoms with Gasteiger partial charge in [-0.15, -0.1) is 11.3 Å². The summed E-state index contributed by atoms with van der Waals surface area (Å²) in [4.78, 5) is 24.6. The maximum absolute atomic E-state index is 13.0. The van der Waals surface area contributed by atoms with Crippen molar-refractivity contribution in [2.75, 3.05) is 13.1 Å². The lowest BCUT2D eigenvalue weighted by Crippen LogP contribution is -2.47. The fraction of sp³-hybridized carbons (Fsp3) is 0.385. The van der Waals surface area contributed by atoms with E-state index in [4.69, 9.17) is 5.11 Å². The Balaban J connectivity index is 2.11.